The van der Waals surface area contributed by atoms with Gasteiger partial charge in [0.15, 0.2) is 0 Å². The van der Waals surface area contributed by atoms with Crippen LogP contribution in [0.15, 0.2) is 0 Å². The minimum absolute atomic E-state index is 0.258. The van der Waals surface area contributed by atoms with E-state index in [-0.39, 0.29) is 5.91 Å². The van der Waals surface area contributed by atoms with Crippen LogP contribution >= 0.6 is 11.3 Å². The second-order valence-corrected chi connectivity index (χ2v) is 5.73. The quantitative estimate of drug-likeness (QED) is 0.858. The largest absolute Gasteiger partial charge is 0.360 e. The number of nitrogens with zero attached hydrogens (tertiary/aromatic N) is 3. The van der Waals surface area contributed by atoms with Gasteiger partial charge < -0.3 is 10.2 Å². The smallest absolute Gasteiger partial charge is 0.223 e. The Morgan fingerprint density at radius 3 is 3.00 bits per heavy atom. The highest BCUT2D eigenvalue weighted by atomic mass is 32.1. The maximum absolute atomic E-state index is 11.9. The van der Waals surface area contributed by atoms with E-state index < -0.39 is 0 Å². The molecule has 6 heteroatoms. The Morgan fingerprint density at radius 1 is 1.44 bits per heavy atom. The normalized spacial score (nSPS) is 19.6. The number of rotatable bonds is 6. The van der Waals surface area contributed by atoms with Crippen molar-refractivity contribution in [3.05, 3.63) is 5.01 Å². The van der Waals surface area contributed by atoms with Gasteiger partial charge in [0.2, 0.25) is 11.0 Å². The molecule has 1 amide bonds. The average molecular weight is 268 g/mol. The van der Waals surface area contributed by atoms with Gasteiger partial charge in [-0.15, -0.1) is 10.2 Å². The van der Waals surface area contributed by atoms with Crippen molar-refractivity contribution in [3.8, 4) is 0 Å². The molecule has 1 atom stereocenters. The van der Waals surface area contributed by atoms with Crippen LogP contribution in [0, 0.1) is 5.92 Å². The summed E-state index contributed by atoms with van der Waals surface area (Å²) in [5, 5.41) is 13.0. The predicted molar refractivity (Wildman–Crippen MR) is 72.5 cm³/mol. The third-order valence-corrected chi connectivity index (χ3v) is 3.98. The summed E-state index contributed by atoms with van der Waals surface area (Å²) < 4.78 is 0. The van der Waals surface area contributed by atoms with E-state index in [1.54, 1.807) is 0 Å². The second-order valence-electron chi connectivity index (χ2n) is 4.66. The highest BCUT2D eigenvalue weighted by Gasteiger charge is 2.29. The molecule has 0 radical (unpaired) electrons. The third-order valence-electron chi connectivity index (χ3n) is 3.11. The van der Waals surface area contributed by atoms with Gasteiger partial charge in [0.25, 0.3) is 0 Å². The minimum Gasteiger partial charge on any atom is -0.360 e. The van der Waals surface area contributed by atoms with Crippen LogP contribution < -0.4 is 5.32 Å². The number of anilines is 1. The molecule has 100 valence electrons. The van der Waals surface area contributed by atoms with Crippen molar-refractivity contribution >= 4 is 22.4 Å². The molecule has 2 rings (SSSR count). The molecule has 1 N–H and O–H groups in total. The maximum atomic E-state index is 11.9. The van der Waals surface area contributed by atoms with E-state index in [0.717, 1.165) is 36.1 Å². The Hall–Kier alpha value is -1.17. The molecule has 0 bridgehead atoms. The highest BCUT2D eigenvalue weighted by Crippen LogP contribution is 2.25. The Balaban J connectivity index is 1.90. The van der Waals surface area contributed by atoms with Crippen LogP contribution in [0.1, 0.15) is 38.1 Å². The minimum atomic E-state index is 0.258. The van der Waals surface area contributed by atoms with Crippen molar-refractivity contribution in [2.75, 3.05) is 18.4 Å². The van der Waals surface area contributed by atoms with Gasteiger partial charge in [-0.25, -0.2) is 0 Å². The first kappa shape index (κ1) is 13.3. The first-order valence-corrected chi connectivity index (χ1v) is 7.38. The molecule has 1 fully saturated rings. The standard InChI is InChI=1S/C12H20N4OS/c1-3-5-9-6-11(17)16(7-9)8-10-14-15-12(18-10)13-4-2/h9H,3-8H2,1-2H3,(H,13,15). The van der Waals surface area contributed by atoms with Crippen LogP contribution in [0.25, 0.3) is 0 Å². The summed E-state index contributed by atoms with van der Waals surface area (Å²) in [4.78, 5) is 13.8. The van der Waals surface area contributed by atoms with E-state index in [0.29, 0.717) is 18.9 Å². The van der Waals surface area contributed by atoms with Crippen molar-refractivity contribution in [2.24, 2.45) is 5.92 Å². The van der Waals surface area contributed by atoms with Crippen LogP contribution in [0.3, 0.4) is 0 Å². The van der Waals surface area contributed by atoms with Crippen LogP contribution in [0.4, 0.5) is 5.13 Å². The van der Waals surface area contributed by atoms with Crippen LogP contribution in [-0.2, 0) is 11.3 Å². The van der Waals surface area contributed by atoms with Gasteiger partial charge in [0.05, 0.1) is 6.54 Å². The number of nitrogens with one attached hydrogen (secondary N) is 1. The van der Waals surface area contributed by atoms with E-state index in [9.17, 15) is 4.79 Å². The zero-order chi connectivity index (χ0) is 13.0. The van der Waals surface area contributed by atoms with Crippen molar-refractivity contribution in [2.45, 2.75) is 39.7 Å². The molecule has 1 aliphatic rings. The summed E-state index contributed by atoms with van der Waals surface area (Å²) in [5.74, 6) is 0.789. The van der Waals surface area contributed by atoms with E-state index in [1.807, 2.05) is 11.8 Å². The molecule has 0 spiro atoms. The fraction of sp³-hybridized carbons (Fsp3) is 0.750. The van der Waals surface area contributed by atoms with Crippen LogP contribution in [0.2, 0.25) is 0 Å². The molecular weight excluding hydrogens is 248 g/mol. The molecule has 1 unspecified atom stereocenters. The van der Waals surface area contributed by atoms with Gasteiger partial charge in [0, 0.05) is 19.5 Å². The Bertz CT molecular complexity index is 407. The summed E-state index contributed by atoms with van der Waals surface area (Å²) in [5.41, 5.74) is 0. The second kappa shape index (κ2) is 6.13. The first-order valence-electron chi connectivity index (χ1n) is 6.57. The summed E-state index contributed by atoms with van der Waals surface area (Å²) in [6.45, 7) is 6.53. The monoisotopic (exact) mass is 268 g/mol. The lowest BCUT2D eigenvalue weighted by atomic mass is 10.0. The molecule has 5 nitrogen and oxygen atoms in total. The topological polar surface area (TPSA) is 58.1 Å². The summed E-state index contributed by atoms with van der Waals surface area (Å²) in [6.07, 6.45) is 2.99. The van der Waals surface area contributed by atoms with Gasteiger partial charge in [-0.1, -0.05) is 24.7 Å². The van der Waals surface area contributed by atoms with Gasteiger partial charge in [-0.2, -0.15) is 0 Å². The Kier molecular flexibility index (Phi) is 4.52. The number of hydrogen-bond acceptors (Lipinski definition) is 5. The van der Waals surface area contributed by atoms with Gasteiger partial charge in [-0.3, -0.25) is 4.79 Å². The zero-order valence-corrected chi connectivity index (χ0v) is 11.8. The Labute approximate surface area is 112 Å². The number of amides is 1. The van der Waals surface area contributed by atoms with Crippen molar-refractivity contribution in [3.63, 3.8) is 0 Å². The van der Waals surface area contributed by atoms with Crippen molar-refractivity contribution in [1.29, 1.82) is 0 Å². The lowest BCUT2D eigenvalue weighted by molar-refractivity contribution is -0.128. The zero-order valence-electron chi connectivity index (χ0n) is 11.0. The number of likely N-dealkylation sites (tertiary alicyclic amines) is 1. The fourth-order valence-corrected chi connectivity index (χ4v) is 3.14. The van der Waals surface area contributed by atoms with E-state index >= 15 is 0 Å². The summed E-state index contributed by atoms with van der Waals surface area (Å²) in [6, 6.07) is 0. The molecule has 1 aliphatic heterocycles. The van der Waals surface area contributed by atoms with Gasteiger partial charge in [-0.05, 0) is 19.3 Å². The van der Waals surface area contributed by atoms with Gasteiger partial charge >= 0.3 is 0 Å². The van der Waals surface area contributed by atoms with Crippen molar-refractivity contribution < 1.29 is 4.79 Å². The number of hydrogen-bond donors (Lipinski definition) is 1. The van der Waals surface area contributed by atoms with Crippen LogP contribution in [-0.4, -0.2) is 34.1 Å². The number of carbonyl (C=O) groups excluding carboxylic acids is 1. The molecule has 0 aliphatic carbocycles. The summed E-state index contributed by atoms with van der Waals surface area (Å²) in [7, 11) is 0. The maximum Gasteiger partial charge on any atom is 0.223 e. The number of carbonyl (C=O) groups is 1. The molecule has 2 heterocycles. The molecule has 1 saturated heterocycles. The molecule has 1 aromatic rings. The van der Waals surface area contributed by atoms with Crippen LogP contribution in [0.5, 0.6) is 0 Å². The van der Waals surface area contributed by atoms with E-state index in [4.69, 9.17) is 0 Å². The SMILES string of the molecule is CCCC1CC(=O)N(Cc2nnc(NCC)s2)C1. The summed E-state index contributed by atoms with van der Waals surface area (Å²) >= 11 is 1.53. The molecule has 0 saturated carbocycles. The molecular formula is C12H20N4OS. The average Bonchev–Trinajstić information content (AvgIpc) is 2.89. The van der Waals surface area contributed by atoms with E-state index in [1.165, 1.54) is 11.3 Å². The van der Waals surface area contributed by atoms with Gasteiger partial charge in [0.1, 0.15) is 5.01 Å². The third kappa shape index (κ3) is 3.19. The number of aromatic nitrogens is 2. The molecule has 0 aromatic carbocycles. The Morgan fingerprint density at radius 2 is 2.28 bits per heavy atom. The first-order chi connectivity index (χ1) is 8.72. The highest BCUT2D eigenvalue weighted by molar-refractivity contribution is 7.15. The van der Waals surface area contributed by atoms with Crippen molar-refractivity contribution in [1.82, 2.24) is 15.1 Å². The van der Waals surface area contributed by atoms with E-state index in [2.05, 4.69) is 22.4 Å². The molecule has 18 heavy (non-hydrogen) atoms. The molecule has 1 aromatic heterocycles. The fourth-order valence-electron chi connectivity index (χ4n) is 2.31. The predicted octanol–water partition coefficient (Wildman–Crippen LogP) is 2.12. The lowest BCUT2D eigenvalue weighted by Crippen LogP contribution is -2.24. The lowest BCUT2D eigenvalue weighted by Gasteiger charge is -2.14.